The van der Waals surface area contributed by atoms with Gasteiger partial charge < -0.3 is 9.64 Å². The number of thioether (sulfide) groups is 1. The van der Waals surface area contributed by atoms with Crippen molar-refractivity contribution < 1.29 is 22.7 Å². The van der Waals surface area contributed by atoms with E-state index in [9.17, 15) is 18.0 Å². The number of carbonyl (C=O) groups excluding carboxylic acids is 1. The number of rotatable bonds is 5. The summed E-state index contributed by atoms with van der Waals surface area (Å²) in [5.41, 5.74) is -0.787. The van der Waals surface area contributed by atoms with Crippen molar-refractivity contribution in [1.82, 2.24) is 9.88 Å². The van der Waals surface area contributed by atoms with E-state index < -0.39 is 11.7 Å². The second-order valence-electron chi connectivity index (χ2n) is 6.80. The quantitative estimate of drug-likeness (QED) is 0.760. The number of pyridine rings is 1. The van der Waals surface area contributed by atoms with E-state index in [0.717, 1.165) is 12.3 Å². The van der Waals surface area contributed by atoms with Gasteiger partial charge in [0.15, 0.2) is 0 Å². The van der Waals surface area contributed by atoms with E-state index in [4.69, 9.17) is 4.74 Å². The maximum atomic E-state index is 12.5. The highest BCUT2D eigenvalue weighted by Crippen LogP contribution is 2.31. The van der Waals surface area contributed by atoms with Crippen LogP contribution in [-0.4, -0.2) is 46.0 Å². The van der Waals surface area contributed by atoms with Gasteiger partial charge in [0.2, 0.25) is 11.8 Å². The molecule has 0 atom stereocenters. The highest BCUT2D eigenvalue weighted by Gasteiger charge is 2.31. The van der Waals surface area contributed by atoms with Crippen LogP contribution in [0, 0.1) is 0 Å². The molecule has 0 unspecified atom stereocenters. The number of alkyl halides is 3. The topological polar surface area (TPSA) is 42.4 Å². The molecule has 26 heavy (non-hydrogen) atoms. The fourth-order valence-electron chi connectivity index (χ4n) is 3.35. The molecular weight excluding hydrogens is 365 g/mol. The van der Waals surface area contributed by atoms with Gasteiger partial charge in [-0.05, 0) is 18.9 Å². The van der Waals surface area contributed by atoms with E-state index in [1.807, 2.05) is 4.90 Å². The van der Waals surface area contributed by atoms with Crippen LogP contribution in [0.1, 0.15) is 44.1 Å². The number of hydrogen-bond acceptors (Lipinski definition) is 4. The summed E-state index contributed by atoms with van der Waals surface area (Å²) in [6.45, 7) is 1.24. The van der Waals surface area contributed by atoms with Crippen LogP contribution in [0.25, 0.3) is 0 Å². The lowest BCUT2D eigenvalue weighted by molar-refractivity contribution is -0.137. The highest BCUT2D eigenvalue weighted by molar-refractivity contribution is 8.00. The first kappa shape index (κ1) is 19.3. The average Bonchev–Trinajstić information content (AvgIpc) is 3.13. The molecule has 4 nitrogen and oxygen atoms in total. The molecule has 2 heterocycles. The third-order valence-corrected chi connectivity index (χ3v) is 6.25. The van der Waals surface area contributed by atoms with Crippen molar-refractivity contribution in [2.75, 3.05) is 18.8 Å². The lowest BCUT2D eigenvalue weighted by atomic mass is 10.1. The van der Waals surface area contributed by atoms with Crippen molar-refractivity contribution in [2.24, 2.45) is 0 Å². The molecule has 144 valence electrons. The standard InChI is InChI=1S/C18H23F3N2O2S/c19-18(20,21)13-5-6-16(22-11-13)25-14-7-9-23(10-8-14)17(24)12-26-15-3-1-2-4-15/h5-6,11,14-15H,1-4,7-10,12H2. The summed E-state index contributed by atoms with van der Waals surface area (Å²) in [7, 11) is 0. The largest absolute Gasteiger partial charge is 0.474 e. The summed E-state index contributed by atoms with van der Waals surface area (Å²) in [5.74, 6) is 0.906. The molecule has 3 rings (SSSR count). The Morgan fingerprint density at radius 2 is 1.88 bits per heavy atom. The molecule has 1 aromatic rings. The second-order valence-corrected chi connectivity index (χ2v) is 8.09. The molecule has 0 bridgehead atoms. The van der Waals surface area contributed by atoms with Gasteiger partial charge in [0.25, 0.3) is 0 Å². The Labute approximate surface area is 155 Å². The number of amides is 1. The monoisotopic (exact) mass is 388 g/mol. The summed E-state index contributed by atoms with van der Waals surface area (Å²) < 4.78 is 43.3. The minimum atomic E-state index is -4.40. The lowest BCUT2D eigenvalue weighted by Gasteiger charge is -2.32. The maximum Gasteiger partial charge on any atom is 0.417 e. The van der Waals surface area contributed by atoms with Crippen molar-refractivity contribution in [3.05, 3.63) is 23.9 Å². The molecule has 0 spiro atoms. The van der Waals surface area contributed by atoms with Crippen LogP contribution in [0.15, 0.2) is 18.3 Å². The second kappa shape index (κ2) is 8.50. The summed E-state index contributed by atoms with van der Waals surface area (Å²) in [6.07, 6.45) is 2.58. The zero-order valence-electron chi connectivity index (χ0n) is 14.5. The predicted octanol–water partition coefficient (Wildman–Crippen LogP) is 4.15. The molecule has 2 fully saturated rings. The summed E-state index contributed by atoms with van der Waals surface area (Å²) >= 11 is 1.77. The Balaban J connectivity index is 1.41. The average molecular weight is 388 g/mol. The van der Waals surface area contributed by atoms with E-state index >= 15 is 0 Å². The fraction of sp³-hybridized carbons (Fsp3) is 0.667. The molecule has 0 aromatic carbocycles. The van der Waals surface area contributed by atoms with Crippen LogP contribution in [0.5, 0.6) is 5.88 Å². The Kier molecular flexibility index (Phi) is 6.32. The number of hydrogen-bond donors (Lipinski definition) is 0. The highest BCUT2D eigenvalue weighted by atomic mass is 32.2. The van der Waals surface area contributed by atoms with Gasteiger partial charge in [0.05, 0.1) is 11.3 Å². The SMILES string of the molecule is O=C(CSC1CCCC1)N1CCC(Oc2ccc(C(F)(F)F)cn2)CC1. The number of ether oxygens (including phenoxy) is 1. The first-order valence-electron chi connectivity index (χ1n) is 9.01. The Morgan fingerprint density at radius 1 is 1.19 bits per heavy atom. The Bertz CT molecular complexity index is 595. The van der Waals surface area contributed by atoms with E-state index in [1.165, 1.54) is 31.7 Å². The van der Waals surface area contributed by atoms with Gasteiger partial charge in [0.1, 0.15) is 6.10 Å². The van der Waals surface area contributed by atoms with E-state index in [2.05, 4.69) is 4.98 Å². The third-order valence-electron chi connectivity index (χ3n) is 4.89. The molecular formula is C18H23F3N2O2S. The first-order valence-corrected chi connectivity index (χ1v) is 10.1. The van der Waals surface area contributed by atoms with Gasteiger partial charge in [-0.3, -0.25) is 4.79 Å². The van der Waals surface area contributed by atoms with Gasteiger partial charge in [-0.25, -0.2) is 4.98 Å². The molecule has 0 radical (unpaired) electrons. The van der Waals surface area contributed by atoms with Gasteiger partial charge in [-0.1, -0.05) is 12.8 Å². The number of likely N-dealkylation sites (tertiary alicyclic amines) is 1. The number of halogens is 3. The fourth-order valence-corrected chi connectivity index (χ4v) is 4.57. The van der Waals surface area contributed by atoms with Gasteiger partial charge in [-0.15, -0.1) is 11.8 Å². The summed E-state index contributed by atoms with van der Waals surface area (Å²) in [5, 5.41) is 0.630. The van der Waals surface area contributed by atoms with Crippen LogP contribution in [0.4, 0.5) is 13.2 Å². The number of piperidine rings is 1. The van der Waals surface area contributed by atoms with E-state index in [1.54, 1.807) is 11.8 Å². The molecule has 8 heteroatoms. The van der Waals surface area contributed by atoms with Gasteiger partial charge in [0, 0.05) is 43.4 Å². The normalized spacial score (nSPS) is 19.7. The molecule has 1 saturated heterocycles. The van der Waals surface area contributed by atoms with Crippen molar-refractivity contribution in [3.8, 4) is 5.88 Å². The van der Waals surface area contributed by atoms with Crippen LogP contribution in [0.3, 0.4) is 0 Å². The molecule has 1 aromatic heterocycles. The minimum Gasteiger partial charge on any atom is -0.474 e. The zero-order valence-corrected chi connectivity index (χ0v) is 15.3. The Morgan fingerprint density at radius 3 is 2.46 bits per heavy atom. The summed E-state index contributed by atoms with van der Waals surface area (Å²) in [4.78, 5) is 17.9. The molecule has 0 N–H and O–H groups in total. The van der Waals surface area contributed by atoms with Crippen molar-refractivity contribution in [1.29, 1.82) is 0 Å². The van der Waals surface area contributed by atoms with Crippen molar-refractivity contribution in [3.63, 3.8) is 0 Å². The van der Waals surface area contributed by atoms with Crippen molar-refractivity contribution >= 4 is 17.7 Å². The molecule has 2 aliphatic rings. The third kappa shape index (κ3) is 5.28. The van der Waals surface area contributed by atoms with Gasteiger partial charge in [-0.2, -0.15) is 13.2 Å². The lowest BCUT2D eigenvalue weighted by Crippen LogP contribution is -2.42. The van der Waals surface area contributed by atoms with Crippen molar-refractivity contribution in [2.45, 2.75) is 56.1 Å². The number of nitrogens with zero attached hydrogens (tertiary/aromatic N) is 2. The summed E-state index contributed by atoms with van der Waals surface area (Å²) in [6, 6.07) is 2.22. The molecule has 1 amide bonds. The minimum absolute atomic E-state index is 0.120. The first-order chi connectivity index (χ1) is 12.4. The molecule has 1 saturated carbocycles. The maximum absolute atomic E-state index is 12.5. The predicted molar refractivity (Wildman–Crippen MR) is 94.2 cm³/mol. The van der Waals surface area contributed by atoms with Crippen LogP contribution >= 0.6 is 11.8 Å². The number of aromatic nitrogens is 1. The van der Waals surface area contributed by atoms with Gasteiger partial charge >= 0.3 is 6.18 Å². The smallest absolute Gasteiger partial charge is 0.417 e. The Hall–Kier alpha value is -1.44. The van der Waals surface area contributed by atoms with Crippen LogP contribution in [-0.2, 0) is 11.0 Å². The number of carbonyl (C=O) groups is 1. The van der Waals surface area contributed by atoms with Crippen LogP contribution < -0.4 is 4.74 Å². The molecule has 1 aliphatic heterocycles. The molecule has 1 aliphatic carbocycles. The van der Waals surface area contributed by atoms with Crippen LogP contribution in [0.2, 0.25) is 0 Å². The van der Waals surface area contributed by atoms with E-state index in [0.29, 0.717) is 36.9 Å². The zero-order chi connectivity index (χ0) is 18.6. The van der Waals surface area contributed by atoms with E-state index in [-0.39, 0.29) is 17.9 Å².